The van der Waals surface area contributed by atoms with Gasteiger partial charge in [-0.2, -0.15) is 0 Å². The molecule has 0 aliphatic rings. The Morgan fingerprint density at radius 3 is 2.60 bits per heavy atom. The molecule has 4 heteroatoms. The molecule has 0 radical (unpaired) electrons. The summed E-state index contributed by atoms with van der Waals surface area (Å²) in [6, 6.07) is 1.53. The number of aromatic hydroxyl groups is 2. The topological polar surface area (TPSA) is 66.5 Å². The van der Waals surface area contributed by atoms with Crippen LogP contribution < -0.4 is 5.73 Å². The van der Waals surface area contributed by atoms with Crippen LogP contribution in [0.1, 0.15) is 4.88 Å². The van der Waals surface area contributed by atoms with Crippen molar-refractivity contribution >= 4 is 11.3 Å². The Morgan fingerprint density at radius 2 is 2.20 bits per heavy atom. The van der Waals surface area contributed by atoms with Crippen LogP contribution in [0.2, 0.25) is 0 Å². The lowest BCUT2D eigenvalue weighted by molar-refractivity contribution is 0.415. The normalized spacial score (nSPS) is 10.1. The van der Waals surface area contributed by atoms with Gasteiger partial charge in [0.05, 0.1) is 0 Å². The van der Waals surface area contributed by atoms with Crippen LogP contribution in [0.25, 0.3) is 0 Å². The molecule has 0 aliphatic heterocycles. The minimum atomic E-state index is -0.0477. The molecule has 1 aromatic heterocycles. The molecule has 0 fully saturated rings. The van der Waals surface area contributed by atoms with E-state index in [0.717, 1.165) is 16.2 Å². The van der Waals surface area contributed by atoms with Crippen molar-refractivity contribution in [2.75, 3.05) is 6.54 Å². The Bertz CT molecular complexity index is 202. The lowest BCUT2D eigenvalue weighted by atomic mass is 10.3. The monoisotopic (exact) mass is 159 g/mol. The van der Waals surface area contributed by atoms with Gasteiger partial charge in [-0.25, -0.2) is 0 Å². The third-order valence-corrected chi connectivity index (χ3v) is 2.12. The molecule has 0 aliphatic carbocycles. The second-order valence-corrected chi connectivity index (χ2v) is 3.06. The summed E-state index contributed by atoms with van der Waals surface area (Å²) in [6.07, 6.45) is 0.707. The van der Waals surface area contributed by atoms with Crippen molar-refractivity contribution in [1.82, 2.24) is 0 Å². The molecule has 0 saturated heterocycles. The first-order valence-electron chi connectivity index (χ1n) is 2.94. The van der Waals surface area contributed by atoms with Crippen molar-refractivity contribution in [2.24, 2.45) is 5.73 Å². The second-order valence-electron chi connectivity index (χ2n) is 1.94. The van der Waals surface area contributed by atoms with Gasteiger partial charge in [-0.3, -0.25) is 0 Å². The fourth-order valence-electron chi connectivity index (χ4n) is 0.686. The van der Waals surface area contributed by atoms with E-state index in [-0.39, 0.29) is 10.8 Å². The van der Waals surface area contributed by atoms with E-state index in [1.807, 2.05) is 0 Å². The van der Waals surface area contributed by atoms with Gasteiger partial charge < -0.3 is 15.9 Å². The lowest BCUT2D eigenvalue weighted by Crippen LogP contribution is -2.00. The average molecular weight is 159 g/mol. The third kappa shape index (κ3) is 1.40. The molecule has 0 bridgehead atoms. The van der Waals surface area contributed by atoms with Gasteiger partial charge >= 0.3 is 0 Å². The van der Waals surface area contributed by atoms with E-state index in [1.54, 1.807) is 0 Å². The maximum Gasteiger partial charge on any atom is 0.214 e. The van der Waals surface area contributed by atoms with E-state index >= 15 is 0 Å². The molecule has 0 spiro atoms. The Balaban J connectivity index is 2.77. The molecule has 0 unspecified atom stereocenters. The summed E-state index contributed by atoms with van der Waals surface area (Å²) in [5, 5.41) is 17.8. The molecule has 1 rings (SSSR count). The van der Waals surface area contributed by atoms with Crippen molar-refractivity contribution in [1.29, 1.82) is 0 Å². The Kier molecular flexibility index (Phi) is 2.13. The predicted molar refractivity (Wildman–Crippen MR) is 40.4 cm³/mol. The molecular weight excluding hydrogens is 150 g/mol. The summed E-state index contributed by atoms with van der Waals surface area (Å²) in [4.78, 5) is 0.914. The van der Waals surface area contributed by atoms with Gasteiger partial charge in [0.1, 0.15) is 0 Å². The van der Waals surface area contributed by atoms with Gasteiger partial charge in [0, 0.05) is 4.88 Å². The molecule has 0 amide bonds. The number of hydrogen-bond acceptors (Lipinski definition) is 4. The number of rotatable bonds is 2. The van der Waals surface area contributed by atoms with Crippen LogP contribution >= 0.6 is 11.3 Å². The first-order chi connectivity index (χ1) is 4.74. The maximum absolute atomic E-state index is 8.89. The van der Waals surface area contributed by atoms with Crippen LogP contribution in [0.3, 0.4) is 0 Å². The molecule has 3 nitrogen and oxygen atoms in total. The van der Waals surface area contributed by atoms with E-state index in [9.17, 15) is 0 Å². The van der Waals surface area contributed by atoms with Gasteiger partial charge in [-0.15, -0.1) is 11.3 Å². The van der Waals surface area contributed by atoms with E-state index in [0.29, 0.717) is 13.0 Å². The van der Waals surface area contributed by atoms with Crippen LogP contribution in [0.5, 0.6) is 10.8 Å². The van der Waals surface area contributed by atoms with Crippen molar-refractivity contribution in [3.63, 3.8) is 0 Å². The Morgan fingerprint density at radius 1 is 1.50 bits per heavy atom. The fraction of sp³-hybridized carbons (Fsp3) is 0.333. The van der Waals surface area contributed by atoms with Gasteiger partial charge in [-0.05, 0) is 19.0 Å². The van der Waals surface area contributed by atoms with E-state index in [4.69, 9.17) is 15.9 Å². The van der Waals surface area contributed by atoms with Gasteiger partial charge in [-0.1, -0.05) is 0 Å². The van der Waals surface area contributed by atoms with E-state index < -0.39 is 0 Å². The molecule has 1 heterocycles. The van der Waals surface area contributed by atoms with E-state index in [1.165, 1.54) is 6.07 Å². The molecule has 1 aromatic rings. The summed E-state index contributed by atoms with van der Waals surface area (Å²) >= 11 is 1.16. The maximum atomic E-state index is 8.89. The van der Waals surface area contributed by atoms with Crippen LogP contribution in [0, 0.1) is 0 Å². The highest BCUT2D eigenvalue weighted by Crippen LogP contribution is 2.34. The van der Waals surface area contributed by atoms with Crippen molar-refractivity contribution in [3.8, 4) is 10.8 Å². The van der Waals surface area contributed by atoms with Crippen molar-refractivity contribution in [3.05, 3.63) is 10.9 Å². The fourth-order valence-corrected chi connectivity index (χ4v) is 1.49. The zero-order chi connectivity index (χ0) is 7.56. The molecular formula is C6H9NO2S. The summed E-state index contributed by atoms with van der Waals surface area (Å²) in [5.41, 5.74) is 5.26. The molecule has 0 saturated carbocycles. The van der Waals surface area contributed by atoms with Gasteiger partial charge in [0.15, 0.2) is 5.75 Å². The highest BCUT2D eigenvalue weighted by Gasteiger charge is 2.04. The molecule has 0 atom stereocenters. The first kappa shape index (κ1) is 7.37. The zero-order valence-corrected chi connectivity index (χ0v) is 6.19. The second kappa shape index (κ2) is 2.90. The van der Waals surface area contributed by atoms with Gasteiger partial charge in [0.25, 0.3) is 0 Å². The highest BCUT2D eigenvalue weighted by molar-refractivity contribution is 7.14. The molecule has 4 N–H and O–H groups in total. The number of hydrogen-bond donors (Lipinski definition) is 3. The Hall–Kier alpha value is -0.740. The minimum absolute atomic E-state index is 0.0246. The van der Waals surface area contributed by atoms with Crippen LogP contribution in [-0.4, -0.2) is 16.8 Å². The van der Waals surface area contributed by atoms with Crippen molar-refractivity contribution < 1.29 is 10.2 Å². The van der Waals surface area contributed by atoms with Gasteiger partial charge in [0.2, 0.25) is 5.06 Å². The summed E-state index contributed by atoms with van der Waals surface area (Å²) in [6.45, 7) is 0.541. The molecule has 10 heavy (non-hydrogen) atoms. The summed E-state index contributed by atoms with van der Waals surface area (Å²) < 4.78 is 0. The predicted octanol–water partition coefficient (Wildman–Crippen LogP) is 0.660. The smallest absolute Gasteiger partial charge is 0.214 e. The standard InChI is InChI=1S/C6H9NO2S/c7-2-1-4-3-5(8)6(9)10-4/h3,8-9H,1-2,7H2. The largest absolute Gasteiger partial charge is 0.504 e. The Labute approximate surface area is 62.7 Å². The van der Waals surface area contributed by atoms with Crippen LogP contribution in [-0.2, 0) is 6.42 Å². The summed E-state index contributed by atoms with van der Waals surface area (Å²) in [7, 11) is 0. The zero-order valence-electron chi connectivity index (χ0n) is 5.37. The van der Waals surface area contributed by atoms with E-state index in [2.05, 4.69) is 0 Å². The number of nitrogens with two attached hydrogens (primary N) is 1. The highest BCUT2D eigenvalue weighted by atomic mass is 32.1. The van der Waals surface area contributed by atoms with Crippen LogP contribution in [0.15, 0.2) is 6.07 Å². The number of thiophene rings is 1. The lowest BCUT2D eigenvalue weighted by Gasteiger charge is -1.86. The molecule has 56 valence electrons. The quantitative estimate of drug-likeness (QED) is 0.594. The third-order valence-electron chi connectivity index (χ3n) is 1.14. The molecule has 0 aromatic carbocycles. The summed E-state index contributed by atoms with van der Waals surface area (Å²) in [5.74, 6) is -0.0477. The SMILES string of the molecule is NCCc1cc(O)c(O)s1. The average Bonchev–Trinajstić information content (AvgIpc) is 2.14. The van der Waals surface area contributed by atoms with Crippen LogP contribution in [0.4, 0.5) is 0 Å². The van der Waals surface area contributed by atoms with Crippen molar-refractivity contribution in [2.45, 2.75) is 6.42 Å². The first-order valence-corrected chi connectivity index (χ1v) is 3.76. The minimum Gasteiger partial charge on any atom is -0.504 e.